The molecule has 0 atom stereocenters. The predicted octanol–water partition coefficient (Wildman–Crippen LogP) is 5.81. The van der Waals surface area contributed by atoms with Crippen molar-refractivity contribution in [3.63, 3.8) is 0 Å². The predicted molar refractivity (Wildman–Crippen MR) is 71.2 cm³/mol. The Morgan fingerprint density at radius 1 is 0.533 bits per heavy atom. The molecule has 0 aromatic rings. The number of hydrogen-bond acceptors (Lipinski definition) is 0. The SMILES string of the molecule is CCCC(CCC)CC(CCC)CCC. The zero-order valence-electron chi connectivity index (χ0n) is 11.5. The first-order chi connectivity index (χ1) is 7.28. The van der Waals surface area contributed by atoms with E-state index in [0.717, 1.165) is 11.8 Å². The molecule has 0 heterocycles. The first-order valence-electron chi connectivity index (χ1n) is 7.28. The van der Waals surface area contributed by atoms with Gasteiger partial charge in [-0.1, -0.05) is 79.1 Å². The van der Waals surface area contributed by atoms with Crippen LogP contribution in [0.1, 0.15) is 85.5 Å². The van der Waals surface area contributed by atoms with Gasteiger partial charge < -0.3 is 0 Å². The van der Waals surface area contributed by atoms with Gasteiger partial charge in [-0.3, -0.25) is 0 Å². The monoisotopic (exact) mass is 212 g/mol. The average molecular weight is 212 g/mol. The molecule has 0 rings (SSSR count). The van der Waals surface area contributed by atoms with E-state index in [-0.39, 0.29) is 0 Å². The molecule has 0 fully saturated rings. The van der Waals surface area contributed by atoms with Gasteiger partial charge in [0.1, 0.15) is 0 Å². The minimum absolute atomic E-state index is 1.02. The second kappa shape index (κ2) is 10.5. The lowest BCUT2D eigenvalue weighted by Crippen LogP contribution is -2.09. The topological polar surface area (TPSA) is 0 Å². The summed E-state index contributed by atoms with van der Waals surface area (Å²) >= 11 is 0. The Morgan fingerprint density at radius 2 is 0.800 bits per heavy atom. The van der Waals surface area contributed by atoms with Gasteiger partial charge in [-0.05, 0) is 18.3 Å². The highest BCUT2D eigenvalue weighted by Crippen LogP contribution is 2.27. The molecule has 0 aromatic carbocycles. The van der Waals surface area contributed by atoms with E-state index in [1.54, 1.807) is 0 Å². The van der Waals surface area contributed by atoms with E-state index in [4.69, 9.17) is 0 Å². The maximum atomic E-state index is 2.33. The average Bonchev–Trinajstić information content (AvgIpc) is 2.19. The van der Waals surface area contributed by atoms with Crippen molar-refractivity contribution >= 4 is 0 Å². The first kappa shape index (κ1) is 15.0. The highest BCUT2D eigenvalue weighted by molar-refractivity contribution is 4.66. The van der Waals surface area contributed by atoms with Crippen LogP contribution in [0.5, 0.6) is 0 Å². The van der Waals surface area contributed by atoms with Crippen LogP contribution in [0.4, 0.5) is 0 Å². The lowest BCUT2D eigenvalue weighted by atomic mass is 9.84. The maximum Gasteiger partial charge on any atom is -0.0412 e. The third-order valence-electron chi connectivity index (χ3n) is 3.45. The number of hydrogen-bond donors (Lipinski definition) is 0. The Morgan fingerprint density at radius 3 is 1.00 bits per heavy atom. The fourth-order valence-corrected chi connectivity index (χ4v) is 2.86. The van der Waals surface area contributed by atoms with Crippen LogP contribution >= 0.6 is 0 Å². The number of rotatable bonds is 10. The summed E-state index contributed by atoms with van der Waals surface area (Å²) in [6.45, 7) is 9.32. The van der Waals surface area contributed by atoms with E-state index in [2.05, 4.69) is 27.7 Å². The van der Waals surface area contributed by atoms with Crippen molar-refractivity contribution in [1.29, 1.82) is 0 Å². The zero-order chi connectivity index (χ0) is 11.5. The molecule has 0 bridgehead atoms. The Labute approximate surface area is 97.8 Å². The summed E-state index contributed by atoms with van der Waals surface area (Å²) in [5.41, 5.74) is 0. The Hall–Kier alpha value is 0. The van der Waals surface area contributed by atoms with Gasteiger partial charge in [-0.25, -0.2) is 0 Å². The Balaban J connectivity index is 3.93. The standard InChI is InChI=1S/C15H32/c1-5-9-14(10-6-2)13-15(11-7-3)12-8-4/h14-15H,5-13H2,1-4H3. The smallest absolute Gasteiger partial charge is 0.0412 e. The normalized spacial score (nSPS) is 11.6. The largest absolute Gasteiger partial charge is 0.0654 e. The third kappa shape index (κ3) is 7.88. The van der Waals surface area contributed by atoms with Crippen LogP contribution in [0.3, 0.4) is 0 Å². The lowest BCUT2D eigenvalue weighted by molar-refractivity contribution is 0.301. The minimum Gasteiger partial charge on any atom is -0.0654 e. The molecule has 0 N–H and O–H groups in total. The minimum atomic E-state index is 1.02. The van der Waals surface area contributed by atoms with Crippen LogP contribution < -0.4 is 0 Å². The van der Waals surface area contributed by atoms with Crippen LogP contribution in [-0.2, 0) is 0 Å². The van der Waals surface area contributed by atoms with E-state index in [0.29, 0.717) is 0 Å². The van der Waals surface area contributed by atoms with Gasteiger partial charge in [0.25, 0.3) is 0 Å². The summed E-state index contributed by atoms with van der Waals surface area (Å²) in [4.78, 5) is 0. The van der Waals surface area contributed by atoms with Crippen LogP contribution in [0.15, 0.2) is 0 Å². The van der Waals surface area contributed by atoms with E-state index >= 15 is 0 Å². The highest BCUT2D eigenvalue weighted by Gasteiger charge is 2.14. The highest BCUT2D eigenvalue weighted by atomic mass is 14.2. The van der Waals surface area contributed by atoms with Crippen molar-refractivity contribution in [2.24, 2.45) is 11.8 Å². The molecule has 15 heavy (non-hydrogen) atoms. The summed E-state index contributed by atoms with van der Waals surface area (Å²) in [5, 5.41) is 0. The molecule has 0 radical (unpaired) electrons. The van der Waals surface area contributed by atoms with Crippen molar-refractivity contribution < 1.29 is 0 Å². The van der Waals surface area contributed by atoms with E-state index in [9.17, 15) is 0 Å². The van der Waals surface area contributed by atoms with Gasteiger partial charge in [0, 0.05) is 0 Å². The third-order valence-corrected chi connectivity index (χ3v) is 3.45. The molecule has 0 saturated heterocycles. The van der Waals surface area contributed by atoms with E-state index in [1.165, 1.54) is 57.8 Å². The fourth-order valence-electron chi connectivity index (χ4n) is 2.86. The van der Waals surface area contributed by atoms with Gasteiger partial charge in [0.05, 0.1) is 0 Å². The van der Waals surface area contributed by atoms with E-state index < -0.39 is 0 Å². The summed E-state index contributed by atoms with van der Waals surface area (Å²) in [7, 11) is 0. The molecule has 0 amide bonds. The van der Waals surface area contributed by atoms with Crippen LogP contribution in [0, 0.1) is 11.8 Å². The summed E-state index contributed by atoms with van der Waals surface area (Å²) in [6, 6.07) is 0. The van der Waals surface area contributed by atoms with Gasteiger partial charge >= 0.3 is 0 Å². The van der Waals surface area contributed by atoms with Crippen molar-refractivity contribution in [3.8, 4) is 0 Å². The molecule has 0 aliphatic carbocycles. The Bertz CT molecular complexity index is 91.2. The van der Waals surface area contributed by atoms with Gasteiger partial charge in [-0.2, -0.15) is 0 Å². The van der Waals surface area contributed by atoms with Crippen molar-refractivity contribution in [2.45, 2.75) is 85.5 Å². The zero-order valence-corrected chi connectivity index (χ0v) is 11.5. The lowest BCUT2D eigenvalue weighted by Gasteiger charge is -2.22. The molecule has 0 heteroatoms. The fraction of sp³-hybridized carbons (Fsp3) is 1.00. The van der Waals surface area contributed by atoms with E-state index in [1.807, 2.05) is 0 Å². The second-order valence-electron chi connectivity index (χ2n) is 5.12. The summed E-state index contributed by atoms with van der Waals surface area (Å²) in [6.07, 6.45) is 12.8. The Kier molecular flexibility index (Phi) is 10.5. The van der Waals surface area contributed by atoms with Gasteiger partial charge in [0.2, 0.25) is 0 Å². The molecular weight excluding hydrogens is 180 g/mol. The summed E-state index contributed by atoms with van der Waals surface area (Å²) in [5.74, 6) is 2.03. The molecule has 0 aliphatic heterocycles. The van der Waals surface area contributed by atoms with Crippen LogP contribution in [0.25, 0.3) is 0 Å². The molecule has 0 aliphatic rings. The molecule has 0 aromatic heterocycles. The summed E-state index contributed by atoms with van der Waals surface area (Å²) < 4.78 is 0. The molecule has 0 nitrogen and oxygen atoms in total. The van der Waals surface area contributed by atoms with Crippen molar-refractivity contribution in [1.82, 2.24) is 0 Å². The van der Waals surface area contributed by atoms with Crippen LogP contribution in [0.2, 0.25) is 0 Å². The molecule has 0 spiro atoms. The van der Waals surface area contributed by atoms with Crippen molar-refractivity contribution in [3.05, 3.63) is 0 Å². The molecule has 0 saturated carbocycles. The van der Waals surface area contributed by atoms with Gasteiger partial charge in [0.15, 0.2) is 0 Å². The maximum absolute atomic E-state index is 2.33. The van der Waals surface area contributed by atoms with Gasteiger partial charge in [-0.15, -0.1) is 0 Å². The second-order valence-corrected chi connectivity index (χ2v) is 5.12. The molecular formula is C15H32. The quantitative estimate of drug-likeness (QED) is 0.429. The molecule has 92 valence electrons. The molecule has 0 unspecified atom stereocenters. The van der Waals surface area contributed by atoms with Crippen molar-refractivity contribution in [2.75, 3.05) is 0 Å². The van der Waals surface area contributed by atoms with Crippen LogP contribution in [-0.4, -0.2) is 0 Å². The first-order valence-corrected chi connectivity index (χ1v) is 7.28.